The van der Waals surface area contributed by atoms with E-state index in [0.29, 0.717) is 24.4 Å². The van der Waals surface area contributed by atoms with Crippen molar-refractivity contribution in [3.05, 3.63) is 38.4 Å². The molecule has 6 heteroatoms. The number of nitrogens with zero attached hydrogens (tertiary/aromatic N) is 2. The van der Waals surface area contributed by atoms with Crippen molar-refractivity contribution >= 4 is 28.8 Å². The molecule has 1 aliphatic rings. The van der Waals surface area contributed by atoms with Crippen LogP contribution in [0.3, 0.4) is 0 Å². The molecule has 4 nitrogen and oxygen atoms in total. The summed E-state index contributed by atoms with van der Waals surface area (Å²) in [5.41, 5.74) is 1.69. The Morgan fingerprint density at radius 1 is 1.61 bits per heavy atom. The van der Waals surface area contributed by atoms with E-state index in [-0.39, 0.29) is 5.91 Å². The fourth-order valence-corrected chi connectivity index (χ4v) is 3.44. The maximum absolute atomic E-state index is 12.3. The van der Waals surface area contributed by atoms with E-state index in [1.807, 2.05) is 11.0 Å². The number of carbonyl (C=O) groups is 1. The Morgan fingerprint density at radius 2 is 2.44 bits per heavy atom. The predicted molar refractivity (Wildman–Crippen MR) is 69.0 cm³/mol. The van der Waals surface area contributed by atoms with Crippen molar-refractivity contribution in [3.63, 3.8) is 0 Å². The molecule has 94 valence electrons. The molecular formula is C12H11ClN2O2S. The second-order valence-electron chi connectivity index (χ2n) is 4.27. The van der Waals surface area contributed by atoms with Crippen molar-refractivity contribution in [2.24, 2.45) is 0 Å². The van der Waals surface area contributed by atoms with Crippen LogP contribution in [-0.2, 0) is 13.0 Å². The van der Waals surface area contributed by atoms with E-state index in [9.17, 15) is 4.79 Å². The molecule has 18 heavy (non-hydrogen) atoms. The zero-order valence-electron chi connectivity index (χ0n) is 9.77. The van der Waals surface area contributed by atoms with Gasteiger partial charge >= 0.3 is 0 Å². The molecule has 0 aliphatic carbocycles. The summed E-state index contributed by atoms with van der Waals surface area (Å²) in [5, 5.41) is 3.64. The van der Waals surface area contributed by atoms with E-state index < -0.39 is 0 Å². The Balaban J connectivity index is 1.84. The normalized spacial score (nSPS) is 14.7. The minimum absolute atomic E-state index is 0.0262. The summed E-state index contributed by atoms with van der Waals surface area (Å²) < 4.78 is 5.72. The van der Waals surface area contributed by atoms with Gasteiger partial charge in [-0.1, -0.05) is 16.8 Å². The van der Waals surface area contributed by atoms with Crippen LogP contribution in [-0.4, -0.2) is 22.5 Å². The maximum atomic E-state index is 12.3. The molecular weight excluding hydrogens is 272 g/mol. The number of amides is 1. The highest BCUT2D eigenvalue weighted by atomic mass is 35.5. The Morgan fingerprint density at radius 3 is 3.17 bits per heavy atom. The molecule has 0 N–H and O–H groups in total. The first kappa shape index (κ1) is 11.7. The molecule has 0 atom stereocenters. The molecule has 2 aromatic heterocycles. The summed E-state index contributed by atoms with van der Waals surface area (Å²) in [6, 6.07) is 1.95. The van der Waals surface area contributed by atoms with Gasteiger partial charge in [-0.25, -0.2) is 0 Å². The lowest BCUT2D eigenvalue weighted by Crippen LogP contribution is -2.35. The van der Waals surface area contributed by atoms with Gasteiger partial charge in [0.2, 0.25) is 0 Å². The minimum atomic E-state index is -0.0262. The van der Waals surface area contributed by atoms with Crippen LogP contribution in [0.4, 0.5) is 0 Å². The molecule has 1 aliphatic heterocycles. The molecule has 0 aromatic carbocycles. The monoisotopic (exact) mass is 282 g/mol. The van der Waals surface area contributed by atoms with Crippen molar-refractivity contribution in [3.8, 4) is 0 Å². The largest absolute Gasteiger partial charge is 0.361 e. The zero-order valence-corrected chi connectivity index (χ0v) is 11.3. The lowest BCUT2D eigenvalue weighted by Gasteiger charge is -2.26. The Hall–Kier alpha value is -1.33. The molecule has 0 fully saturated rings. The number of carbonyl (C=O) groups excluding carboxylic acids is 1. The van der Waals surface area contributed by atoms with Gasteiger partial charge in [-0.05, 0) is 25.0 Å². The van der Waals surface area contributed by atoms with E-state index in [1.165, 1.54) is 11.1 Å². The number of halogens is 1. The van der Waals surface area contributed by atoms with Crippen molar-refractivity contribution in [1.29, 1.82) is 0 Å². The fraction of sp³-hybridized carbons (Fsp3) is 0.333. The number of hydrogen-bond donors (Lipinski definition) is 0. The Bertz CT molecular complexity index is 605. The van der Waals surface area contributed by atoms with Crippen LogP contribution in [0.1, 0.15) is 26.6 Å². The highest BCUT2D eigenvalue weighted by Gasteiger charge is 2.25. The standard InChI is InChI=1S/C12H11ClN2O2S/c1-7-9(5-14-17-7)12(16)15-3-2-10-8(6-15)4-11(13)18-10/h4-5H,2-3,6H2,1H3. The van der Waals surface area contributed by atoms with Gasteiger partial charge in [0.05, 0.1) is 10.5 Å². The maximum Gasteiger partial charge on any atom is 0.259 e. The SMILES string of the molecule is Cc1oncc1C(=O)N1CCc2sc(Cl)cc2C1. The molecule has 1 amide bonds. The van der Waals surface area contributed by atoms with E-state index in [0.717, 1.165) is 16.3 Å². The summed E-state index contributed by atoms with van der Waals surface area (Å²) in [4.78, 5) is 15.4. The molecule has 0 bridgehead atoms. The van der Waals surface area contributed by atoms with Gasteiger partial charge < -0.3 is 9.42 Å². The molecule has 0 radical (unpaired) electrons. The quantitative estimate of drug-likeness (QED) is 0.808. The van der Waals surface area contributed by atoms with Gasteiger partial charge in [0.1, 0.15) is 11.3 Å². The van der Waals surface area contributed by atoms with E-state index >= 15 is 0 Å². The molecule has 3 heterocycles. The molecule has 0 unspecified atom stereocenters. The summed E-state index contributed by atoms with van der Waals surface area (Å²) in [5.74, 6) is 0.538. The van der Waals surface area contributed by atoms with E-state index in [1.54, 1.807) is 18.3 Å². The first-order chi connectivity index (χ1) is 8.65. The van der Waals surface area contributed by atoms with E-state index in [4.69, 9.17) is 16.1 Å². The van der Waals surface area contributed by atoms with Crippen LogP contribution in [0.5, 0.6) is 0 Å². The number of fused-ring (bicyclic) bond motifs is 1. The van der Waals surface area contributed by atoms with Crippen LogP contribution in [0.15, 0.2) is 16.8 Å². The number of aryl methyl sites for hydroxylation is 1. The van der Waals surface area contributed by atoms with Gasteiger partial charge in [-0.2, -0.15) is 0 Å². The van der Waals surface area contributed by atoms with Gasteiger partial charge in [0.15, 0.2) is 0 Å². The van der Waals surface area contributed by atoms with Crippen molar-refractivity contribution in [1.82, 2.24) is 10.1 Å². The van der Waals surface area contributed by atoms with Crippen LogP contribution in [0, 0.1) is 6.92 Å². The van der Waals surface area contributed by atoms with E-state index in [2.05, 4.69) is 5.16 Å². The summed E-state index contributed by atoms with van der Waals surface area (Å²) >= 11 is 7.59. The van der Waals surface area contributed by atoms with Gasteiger partial charge in [-0.3, -0.25) is 4.79 Å². The molecule has 0 saturated carbocycles. The zero-order chi connectivity index (χ0) is 12.7. The highest BCUT2D eigenvalue weighted by molar-refractivity contribution is 7.16. The van der Waals surface area contributed by atoms with Crippen molar-refractivity contribution < 1.29 is 9.32 Å². The number of aromatic nitrogens is 1. The third kappa shape index (κ3) is 1.93. The highest BCUT2D eigenvalue weighted by Crippen LogP contribution is 2.31. The predicted octanol–water partition coefficient (Wildman–Crippen LogP) is 2.90. The second kappa shape index (κ2) is 4.40. The molecule has 0 spiro atoms. The third-order valence-electron chi connectivity index (χ3n) is 3.10. The summed E-state index contributed by atoms with van der Waals surface area (Å²) in [7, 11) is 0. The van der Waals surface area contributed by atoms with Crippen LogP contribution < -0.4 is 0 Å². The average molecular weight is 283 g/mol. The van der Waals surface area contributed by atoms with Crippen molar-refractivity contribution in [2.75, 3.05) is 6.54 Å². The fourth-order valence-electron chi connectivity index (χ4n) is 2.14. The third-order valence-corrected chi connectivity index (χ3v) is 4.47. The van der Waals surface area contributed by atoms with Crippen LogP contribution in [0.2, 0.25) is 4.34 Å². The Labute approximate surface area is 113 Å². The number of thiophene rings is 1. The first-order valence-corrected chi connectivity index (χ1v) is 6.82. The summed E-state index contributed by atoms with van der Waals surface area (Å²) in [6.45, 7) is 3.08. The number of rotatable bonds is 1. The smallest absolute Gasteiger partial charge is 0.259 e. The molecule has 3 rings (SSSR count). The lowest BCUT2D eigenvalue weighted by atomic mass is 10.1. The van der Waals surface area contributed by atoms with Gasteiger partial charge in [0, 0.05) is 18.0 Å². The topological polar surface area (TPSA) is 46.3 Å². The summed E-state index contributed by atoms with van der Waals surface area (Å²) in [6.07, 6.45) is 2.34. The van der Waals surface area contributed by atoms with Crippen molar-refractivity contribution in [2.45, 2.75) is 19.9 Å². The lowest BCUT2D eigenvalue weighted by molar-refractivity contribution is 0.0734. The molecule has 2 aromatic rings. The molecule has 0 saturated heterocycles. The van der Waals surface area contributed by atoms with Gasteiger partial charge in [-0.15, -0.1) is 11.3 Å². The van der Waals surface area contributed by atoms with Crippen LogP contribution in [0.25, 0.3) is 0 Å². The number of hydrogen-bond acceptors (Lipinski definition) is 4. The average Bonchev–Trinajstić information content (AvgIpc) is 2.91. The van der Waals surface area contributed by atoms with Gasteiger partial charge in [0.25, 0.3) is 5.91 Å². The Kier molecular flexibility index (Phi) is 2.87. The van der Waals surface area contributed by atoms with Crippen LogP contribution >= 0.6 is 22.9 Å². The minimum Gasteiger partial charge on any atom is -0.361 e. The first-order valence-electron chi connectivity index (χ1n) is 5.63. The second-order valence-corrected chi connectivity index (χ2v) is 6.04.